The molecule has 0 radical (unpaired) electrons. The van der Waals surface area contributed by atoms with Gasteiger partial charge < -0.3 is 4.74 Å². The molecule has 0 amide bonds. The van der Waals surface area contributed by atoms with E-state index in [1.807, 2.05) is 13.8 Å². The second-order valence-corrected chi connectivity index (χ2v) is 3.52. The summed E-state index contributed by atoms with van der Waals surface area (Å²) in [6.45, 7) is 7.45. The van der Waals surface area contributed by atoms with Gasteiger partial charge in [-0.2, -0.15) is 0 Å². The fraction of sp³-hybridized carbons (Fsp3) is 0.636. The molecule has 0 bridgehead atoms. The fourth-order valence-corrected chi connectivity index (χ4v) is 0.933. The van der Waals surface area contributed by atoms with Crippen molar-refractivity contribution in [1.29, 1.82) is 0 Å². The Bertz CT molecular complexity index is 239. The van der Waals surface area contributed by atoms with Crippen molar-refractivity contribution < 1.29 is 14.3 Å². The van der Waals surface area contributed by atoms with E-state index in [4.69, 9.17) is 4.74 Å². The molecule has 0 saturated carbocycles. The molecule has 0 N–H and O–H groups in total. The van der Waals surface area contributed by atoms with Crippen LogP contribution in [0.4, 0.5) is 0 Å². The van der Waals surface area contributed by atoms with Crippen LogP contribution >= 0.6 is 0 Å². The van der Waals surface area contributed by atoms with Crippen molar-refractivity contribution in [3.63, 3.8) is 0 Å². The molecule has 0 aliphatic carbocycles. The van der Waals surface area contributed by atoms with Gasteiger partial charge in [-0.15, -0.1) is 0 Å². The summed E-state index contributed by atoms with van der Waals surface area (Å²) >= 11 is 0. The van der Waals surface area contributed by atoms with E-state index < -0.39 is 5.97 Å². The Balaban J connectivity index is 4.51. The van der Waals surface area contributed by atoms with Gasteiger partial charge in [-0.3, -0.25) is 4.79 Å². The number of ketones is 1. The van der Waals surface area contributed by atoms with Crippen LogP contribution in [0.2, 0.25) is 0 Å². The molecule has 0 fully saturated rings. The Morgan fingerprint density at radius 1 is 1.36 bits per heavy atom. The lowest BCUT2D eigenvalue weighted by Crippen LogP contribution is -2.13. The zero-order chi connectivity index (χ0) is 11.1. The summed E-state index contributed by atoms with van der Waals surface area (Å²) in [5.74, 6) is -0.316. The fourth-order valence-electron chi connectivity index (χ4n) is 0.933. The molecule has 14 heavy (non-hydrogen) atoms. The van der Waals surface area contributed by atoms with Crippen LogP contribution in [0.15, 0.2) is 11.6 Å². The van der Waals surface area contributed by atoms with Gasteiger partial charge in [-0.1, -0.05) is 19.9 Å². The second-order valence-electron chi connectivity index (χ2n) is 3.52. The standard InChI is InChI=1S/C11H18O3/c1-5-14-11(13)10(9(4)12)7-6-8(2)3/h7-8H,5-6H2,1-4H3/b10-7-. The van der Waals surface area contributed by atoms with E-state index in [1.165, 1.54) is 6.92 Å². The lowest BCUT2D eigenvalue weighted by atomic mass is 10.1. The summed E-state index contributed by atoms with van der Waals surface area (Å²) in [5, 5.41) is 0. The van der Waals surface area contributed by atoms with Gasteiger partial charge in [0.2, 0.25) is 0 Å². The summed E-state index contributed by atoms with van der Waals surface area (Å²) in [7, 11) is 0. The highest BCUT2D eigenvalue weighted by molar-refractivity contribution is 6.16. The third-order valence-electron chi connectivity index (χ3n) is 1.67. The molecular weight excluding hydrogens is 180 g/mol. The van der Waals surface area contributed by atoms with Gasteiger partial charge in [0, 0.05) is 0 Å². The quantitative estimate of drug-likeness (QED) is 0.294. The van der Waals surface area contributed by atoms with Gasteiger partial charge >= 0.3 is 5.97 Å². The lowest BCUT2D eigenvalue weighted by molar-refractivity contribution is -0.139. The zero-order valence-corrected chi connectivity index (χ0v) is 9.29. The Morgan fingerprint density at radius 3 is 2.29 bits per heavy atom. The van der Waals surface area contributed by atoms with E-state index in [9.17, 15) is 9.59 Å². The minimum Gasteiger partial charge on any atom is -0.462 e. The zero-order valence-electron chi connectivity index (χ0n) is 9.29. The van der Waals surface area contributed by atoms with Crippen LogP contribution in [0.25, 0.3) is 0 Å². The number of Topliss-reactive ketones (excluding diaryl/α,β-unsaturated/α-hetero) is 1. The summed E-state index contributed by atoms with van der Waals surface area (Å²) in [5.41, 5.74) is 0.167. The monoisotopic (exact) mass is 198 g/mol. The van der Waals surface area contributed by atoms with Crippen LogP contribution in [0.5, 0.6) is 0 Å². The van der Waals surface area contributed by atoms with Crippen LogP contribution in [0, 0.1) is 5.92 Å². The molecular formula is C11H18O3. The molecule has 0 aromatic carbocycles. The van der Waals surface area contributed by atoms with Crippen molar-refractivity contribution in [1.82, 2.24) is 0 Å². The summed E-state index contributed by atoms with van der Waals surface area (Å²) in [4.78, 5) is 22.4. The first kappa shape index (κ1) is 12.9. The summed E-state index contributed by atoms with van der Waals surface area (Å²) in [6, 6.07) is 0. The van der Waals surface area contributed by atoms with E-state index in [2.05, 4.69) is 0 Å². The molecule has 0 rings (SSSR count). The number of ether oxygens (including phenoxy) is 1. The highest BCUT2D eigenvalue weighted by Crippen LogP contribution is 2.07. The van der Waals surface area contributed by atoms with E-state index in [0.717, 1.165) is 0 Å². The first-order chi connectivity index (χ1) is 6.49. The maximum atomic E-state index is 11.3. The average molecular weight is 198 g/mol. The van der Waals surface area contributed by atoms with Crippen LogP contribution in [0.1, 0.15) is 34.1 Å². The molecule has 80 valence electrons. The minimum atomic E-state index is -0.513. The molecule has 0 spiro atoms. The van der Waals surface area contributed by atoms with Crippen molar-refractivity contribution in [2.24, 2.45) is 5.92 Å². The molecule has 0 saturated heterocycles. The molecule has 0 unspecified atom stereocenters. The minimum absolute atomic E-state index is 0.167. The summed E-state index contributed by atoms with van der Waals surface area (Å²) in [6.07, 6.45) is 2.37. The predicted octanol–water partition coefficient (Wildman–Crippen LogP) is 2.11. The maximum absolute atomic E-state index is 11.3. The van der Waals surface area contributed by atoms with Crippen molar-refractivity contribution in [2.45, 2.75) is 34.1 Å². The number of hydrogen-bond acceptors (Lipinski definition) is 3. The first-order valence-electron chi connectivity index (χ1n) is 4.87. The molecule has 0 aromatic heterocycles. The molecule has 0 heterocycles. The van der Waals surface area contributed by atoms with Gasteiger partial charge in [-0.05, 0) is 26.2 Å². The highest BCUT2D eigenvalue weighted by Gasteiger charge is 2.14. The predicted molar refractivity (Wildman–Crippen MR) is 54.9 cm³/mol. The molecule has 0 aliphatic heterocycles. The van der Waals surface area contributed by atoms with Gasteiger partial charge in [-0.25, -0.2) is 4.79 Å². The SMILES string of the molecule is CCOC(=O)/C(=C\CC(C)C)C(C)=O. The number of hydrogen-bond donors (Lipinski definition) is 0. The van der Waals surface area contributed by atoms with Crippen LogP contribution in [0.3, 0.4) is 0 Å². The van der Waals surface area contributed by atoms with E-state index in [0.29, 0.717) is 18.9 Å². The first-order valence-corrected chi connectivity index (χ1v) is 4.87. The van der Waals surface area contributed by atoms with Crippen LogP contribution in [-0.2, 0) is 14.3 Å². The third kappa shape index (κ3) is 4.80. The van der Waals surface area contributed by atoms with Crippen LogP contribution < -0.4 is 0 Å². The average Bonchev–Trinajstić information content (AvgIpc) is 2.03. The lowest BCUT2D eigenvalue weighted by Gasteiger charge is -2.04. The molecule has 0 aromatic rings. The van der Waals surface area contributed by atoms with E-state index >= 15 is 0 Å². The third-order valence-corrected chi connectivity index (χ3v) is 1.67. The van der Waals surface area contributed by atoms with Gasteiger partial charge in [0.25, 0.3) is 0 Å². The van der Waals surface area contributed by atoms with Crippen molar-refractivity contribution in [3.8, 4) is 0 Å². The van der Waals surface area contributed by atoms with E-state index in [-0.39, 0.29) is 11.4 Å². The number of allylic oxidation sites excluding steroid dienone is 1. The smallest absolute Gasteiger partial charge is 0.341 e. The van der Waals surface area contributed by atoms with Gasteiger partial charge in [0.1, 0.15) is 0 Å². The Hall–Kier alpha value is -1.12. The molecule has 0 aliphatic rings. The second kappa shape index (κ2) is 6.35. The van der Waals surface area contributed by atoms with Gasteiger partial charge in [0.15, 0.2) is 5.78 Å². The van der Waals surface area contributed by atoms with Crippen molar-refractivity contribution >= 4 is 11.8 Å². The summed E-state index contributed by atoms with van der Waals surface area (Å²) < 4.78 is 4.77. The number of carbonyl (C=O) groups excluding carboxylic acids is 2. The number of esters is 1. The van der Waals surface area contributed by atoms with Gasteiger partial charge in [0.05, 0.1) is 12.2 Å². The van der Waals surface area contributed by atoms with Crippen molar-refractivity contribution in [3.05, 3.63) is 11.6 Å². The normalized spacial score (nSPS) is 11.6. The number of carbonyl (C=O) groups is 2. The molecule has 0 atom stereocenters. The maximum Gasteiger partial charge on any atom is 0.341 e. The van der Waals surface area contributed by atoms with Crippen molar-refractivity contribution in [2.75, 3.05) is 6.61 Å². The Labute approximate surface area is 85.1 Å². The topological polar surface area (TPSA) is 43.4 Å². The number of rotatable bonds is 5. The molecule has 3 heteroatoms. The largest absolute Gasteiger partial charge is 0.462 e. The Morgan fingerprint density at radius 2 is 1.93 bits per heavy atom. The Kier molecular flexibility index (Phi) is 5.84. The van der Waals surface area contributed by atoms with Crippen LogP contribution in [-0.4, -0.2) is 18.4 Å². The highest BCUT2D eigenvalue weighted by atomic mass is 16.5. The molecule has 3 nitrogen and oxygen atoms in total. The van der Waals surface area contributed by atoms with E-state index in [1.54, 1.807) is 13.0 Å².